The lowest BCUT2D eigenvalue weighted by Crippen LogP contribution is -2.27. The van der Waals surface area contributed by atoms with Crippen molar-refractivity contribution in [3.8, 4) is 0 Å². The number of rotatable bonds is 6. The highest BCUT2D eigenvalue weighted by atomic mass is 16.4. The average Bonchev–Trinajstić information content (AvgIpc) is 2.25. The van der Waals surface area contributed by atoms with Crippen LogP contribution in [0.5, 0.6) is 0 Å². The number of hydrogen-bond donors (Lipinski definition) is 4. The van der Waals surface area contributed by atoms with Gasteiger partial charge in [-0.15, -0.1) is 4.68 Å². The molecule has 0 fully saturated rings. The second-order valence-electron chi connectivity index (χ2n) is 3.51. The first-order chi connectivity index (χ1) is 8.34. The third-order valence-electron chi connectivity index (χ3n) is 2.04. The average molecular weight is 255 g/mol. The Labute approximate surface area is 106 Å². The van der Waals surface area contributed by atoms with Gasteiger partial charge >= 0.3 is 5.97 Å². The third kappa shape index (κ3) is 4.28. The lowest BCUT2D eigenvalue weighted by Gasteiger charge is -2.07. The Kier molecular flexibility index (Phi) is 6.19. The van der Waals surface area contributed by atoms with Gasteiger partial charge in [-0.1, -0.05) is 0 Å². The zero-order valence-electron chi connectivity index (χ0n) is 10.9. The number of carboxylic acid groups (broad SMARTS) is 1. The Balaban J connectivity index is 5.80. The first kappa shape index (κ1) is 15.7. The van der Waals surface area contributed by atoms with Crippen molar-refractivity contribution in [3.63, 3.8) is 0 Å². The summed E-state index contributed by atoms with van der Waals surface area (Å²) in [5.74, 6) is -1.63. The Hall–Kier alpha value is -2.31. The van der Waals surface area contributed by atoms with Gasteiger partial charge in [0.15, 0.2) is 5.78 Å². The van der Waals surface area contributed by atoms with Gasteiger partial charge in [-0.25, -0.2) is 4.79 Å². The molecule has 0 amide bonds. The largest absolute Gasteiger partial charge is 0.478 e. The van der Waals surface area contributed by atoms with E-state index in [-0.39, 0.29) is 16.8 Å². The van der Waals surface area contributed by atoms with Crippen LogP contribution in [-0.2, 0) is 9.59 Å². The number of nitrogens with one attached hydrogen (secondary N) is 2. The molecule has 0 spiro atoms. The van der Waals surface area contributed by atoms with E-state index in [1.54, 1.807) is 14.1 Å². The lowest BCUT2D eigenvalue weighted by molar-refractivity contribution is -0.514. The number of carboxylic acids is 1. The number of ketones is 1. The minimum absolute atomic E-state index is 0.00717. The molecule has 0 aromatic heterocycles. The second-order valence-corrected chi connectivity index (χ2v) is 3.51. The molecule has 0 aliphatic heterocycles. The molecule has 7 nitrogen and oxygen atoms in total. The molecule has 0 aliphatic carbocycles. The van der Waals surface area contributed by atoms with E-state index in [0.29, 0.717) is 0 Å². The number of carbonyl (C=O) groups is 2. The van der Waals surface area contributed by atoms with Crippen LogP contribution in [0.4, 0.5) is 0 Å². The van der Waals surface area contributed by atoms with Crippen LogP contribution in [0.3, 0.4) is 0 Å². The van der Waals surface area contributed by atoms with Gasteiger partial charge in [0.1, 0.15) is 11.8 Å². The molecular weight excluding hydrogens is 236 g/mol. The van der Waals surface area contributed by atoms with Crippen LogP contribution < -0.4 is 16.5 Å². The first-order valence-corrected chi connectivity index (χ1v) is 5.24. The number of hydrazine groups is 1. The topological polar surface area (TPSA) is 107 Å². The number of hydrazone groups is 1. The third-order valence-corrected chi connectivity index (χ3v) is 2.04. The predicted molar refractivity (Wildman–Crippen MR) is 67.7 cm³/mol. The Morgan fingerprint density at radius 1 is 1.28 bits per heavy atom. The molecule has 0 aromatic carbocycles. The van der Waals surface area contributed by atoms with Crippen LogP contribution in [0.15, 0.2) is 23.0 Å². The van der Waals surface area contributed by atoms with Gasteiger partial charge in [0.05, 0.1) is 12.6 Å². The molecule has 0 heterocycles. The van der Waals surface area contributed by atoms with Crippen LogP contribution in [0.25, 0.3) is 0 Å². The molecule has 5 N–H and O–H groups in total. The molecule has 18 heavy (non-hydrogen) atoms. The van der Waals surface area contributed by atoms with Crippen molar-refractivity contribution in [2.75, 3.05) is 14.1 Å². The summed E-state index contributed by atoms with van der Waals surface area (Å²) in [5.41, 5.74) is 8.26. The summed E-state index contributed by atoms with van der Waals surface area (Å²) in [6, 6.07) is 0. The van der Waals surface area contributed by atoms with Crippen molar-refractivity contribution in [1.29, 1.82) is 0 Å². The number of nitrogens with zero attached hydrogens (tertiary/aromatic N) is 1. The molecule has 0 saturated heterocycles. The van der Waals surface area contributed by atoms with Gasteiger partial charge in [0.2, 0.25) is 0 Å². The highest BCUT2D eigenvalue weighted by molar-refractivity contribution is 6.08. The maximum atomic E-state index is 11.5. The zero-order valence-corrected chi connectivity index (χ0v) is 10.9. The standard InChI is InChI=1S/C11H18N4O3/c1-7(12)10(8(2)16)9(11(17)18)5-15(14-4)6-13-3/h5-6,14H,1-4H3,(H3,12,16,17,18)/p+1/b9-5+. The molecular formula is C11H19N4O3+. The van der Waals surface area contributed by atoms with Crippen molar-refractivity contribution in [2.24, 2.45) is 5.73 Å². The van der Waals surface area contributed by atoms with Crippen molar-refractivity contribution in [3.05, 3.63) is 23.0 Å². The van der Waals surface area contributed by atoms with Crippen LogP contribution >= 0.6 is 0 Å². The SMILES string of the molecule is CNC=[N+](/C=C(/C(=O)O)C(C(C)=O)=C(C)N)NC. The highest BCUT2D eigenvalue weighted by Crippen LogP contribution is 2.14. The summed E-state index contributed by atoms with van der Waals surface area (Å²) in [6.07, 6.45) is 2.76. The predicted octanol–water partition coefficient (Wildman–Crippen LogP) is -0.829. The van der Waals surface area contributed by atoms with Crippen molar-refractivity contribution >= 4 is 18.1 Å². The maximum Gasteiger partial charge on any atom is 0.340 e. The number of allylic oxidation sites excluding steroid dienone is 1. The summed E-state index contributed by atoms with van der Waals surface area (Å²) in [7, 11) is 3.27. The summed E-state index contributed by atoms with van der Waals surface area (Å²) < 4.78 is 1.37. The molecule has 0 unspecified atom stereocenters. The second kappa shape index (κ2) is 7.10. The fourth-order valence-electron chi connectivity index (χ4n) is 1.35. The molecule has 0 aromatic rings. The van der Waals surface area contributed by atoms with Crippen LogP contribution in [0.1, 0.15) is 13.8 Å². The summed E-state index contributed by atoms with van der Waals surface area (Å²) >= 11 is 0. The Bertz CT molecular complexity index is 432. The van der Waals surface area contributed by atoms with Crippen molar-refractivity contribution in [1.82, 2.24) is 10.7 Å². The van der Waals surface area contributed by atoms with E-state index in [2.05, 4.69) is 10.7 Å². The smallest absolute Gasteiger partial charge is 0.340 e. The highest BCUT2D eigenvalue weighted by Gasteiger charge is 2.21. The van der Waals surface area contributed by atoms with E-state index in [9.17, 15) is 9.59 Å². The molecule has 100 valence electrons. The van der Waals surface area contributed by atoms with Crippen LogP contribution in [0, 0.1) is 0 Å². The fraction of sp³-hybridized carbons (Fsp3) is 0.364. The van der Waals surface area contributed by atoms with Gasteiger partial charge < -0.3 is 10.8 Å². The molecule has 0 rings (SSSR count). The normalized spacial score (nSPS) is 13.8. The molecule has 7 heteroatoms. The van der Waals surface area contributed by atoms with E-state index in [1.165, 1.54) is 31.1 Å². The molecule has 0 bridgehead atoms. The molecule has 0 atom stereocenters. The number of Topliss-reactive ketones (excluding diaryl/α,β-unsaturated/α-hetero) is 1. The molecule has 0 saturated carbocycles. The number of hydrogen-bond acceptors (Lipinski definition) is 4. The van der Waals surface area contributed by atoms with Crippen LogP contribution in [-0.4, -0.2) is 42.0 Å². The van der Waals surface area contributed by atoms with Gasteiger partial charge in [0.25, 0.3) is 6.34 Å². The molecule has 0 aliphatic rings. The summed E-state index contributed by atoms with van der Waals surface area (Å²) in [5, 5.41) is 11.9. The van der Waals surface area contributed by atoms with Gasteiger partial charge in [-0.05, 0) is 13.8 Å². The molecule has 0 radical (unpaired) electrons. The van der Waals surface area contributed by atoms with E-state index < -0.39 is 11.8 Å². The van der Waals surface area contributed by atoms with Gasteiger partial charge in [-0.3, -0.25) is 15.5 Å². The van der Waals surface area contributed by atoms with E-state index in [4.69, 9.17) is 10.8 Å². The zero-order chi connectivity index (χ0) is 14.3. The van der Waals surface area contributed by atoms with Gasteiger partial charge in [0, 0.05) is 12.7 Å². The minimum Gasteiger partial charge on any atom is -0.478 e. The summed E-state index contributed by atoms with van der Waals surface area (Å²) in [4.78, 5) is 22.7. The number of carbonyl (C=O) groups excluding carboxylic acids is 1. The Morgan fingerprint density at radius 2 is 1.83 bits per heavy atom. The summed E-state index contributed by atoms with van der Waals surface area (Å²) in [6.45, 7) is 2.76. The number of aliphatic carboxylic acids is 1. The minimum atomic E-state index is -1.23. The van der Waals surface area contributed by atoms with Crippen LogP contribution in [0.2, 0.25) is 0 Å². The van der Waals surface area contributed by atoms with E-state index in [1.807, 2.05) is 0 Å². The monoisotopic (exact) mass is 255 g/mol. The fourth-order valence-corrected chi connectivity index (χ4v) is 1.35. The van der Waals surface area contributed by atoms with Gasteiger partial charge in [-0.2, -0.15) is 0 Å². The van der Waals surface area contributed by atoms with E-state index in [0.717, 1.165) is 0 Å². The Morgan fingerprint density at radius 3 is 2.11 bits per heavy atom. The maximum absolute atomic E-state index is 11.5. The lowest BCUT2D eigenvalue weighted by atomic mass is 10.0. The van der Waals surface area contributed by atoms with Crippen molar-refractivity contribution < 1.29 is 19.4 Å². The quantitative estimate of drug-likeness (QED) is 0.123. The van der Waals surface area contributed by atoms with Crippen molar-refractivity contribution in [2.45, 2.75) is 13.8 Å². The number of nitrogens with two attached hydrogens (primary N) is 1. The van der Waals surface area contributed by atoms with E-state index >= 15 is 0 Å². The first-order valence-electron chi connectivity index (χ1n) is 5.24.